The molecule has 2 atom stereocenters. The van der Waals surface area contributed by atoms with Gasteiger partial charge in [0.2, 0.25) is 0 Å². The van der Waals surface area contributed by atoms with Crippen LogP contribution < -0.4 is 0 Å². The largest absolute Gasteiger partial charge is 0.512 e. The van der Waals surface area contributed by atoms with Crippen LogP contribution in [-0.2, 0) is 0 Å². The highest BCUT2D eigenvalue weighted by Crippen LogP contribution is 2.29. The third-order valence-corrected chi connectivity index (χ3v) is 2.39. The number of allylic oxidation sites excluding steroid dienone is 2. The molecule has 2 N–H and O–H groups in total. The van der Waals surface area contributed by atoms with Gasteiger partial charge in [-0.05, 0) is 11.6 Å². The van der Waals surface area contributed by atoms with Crippen molar-refractivity contribution in [1.82, 2.24) is 0 Å². The van der Waals surface area contributed by atoms with E-state index in [4.69, 9.17) is 0 Å². The summed E-state index contributed by atoms with van der Waals surface area (Å²) in [6, 6.07) is 9.50. The average molecular weight is 188 g/mol. The number of hydrogen-bond acceptors (Lipinski definition) is 2. The molecule has 0 heterocycles. The summed E-state index contributed by atoms with van der Waals surface area (Å²) in [5.41, 5.74) is 0.929. The zero-order valence-corrected chi connectivity index (χ0v) is 7.67. The van der Waals surface area contributed by atoms with Gasteiger partial charge in [0.05, 0.1) is 12.0 Å². The maximum Gasteiger partial charge on any atom is 0.103 e. The molecule has 0 bridgehead atoms. The first-order valence-corrected chi connectivity index (χ1v) is 4.59. The van der Waals surface area contributed by atoms with E-state index in [0.717, 1.165) is 5.56 Å². The minimum Gasteiger partial charge on any atom is -0.512 e. The van der Waals surface area contributed by atoms with Gasteiger partial charge in [-0.15, -0.1) is 0 Å². The monoisotopic (exact) mass is 188 g/mol. The Morgan fingerprint density at radius 2 is 1.79 bits per heavy atom. The highest BCUT2D eigenvalue weighted by molar-refractivity contribution is 5.33. The highest BCUT2D eigenvalue weighted by Gasteiger charge is 2.24. The summed E-state index contributed by atoms with van der Waals surface area (Å²) >= 11 is 0. The Kier molecular flexibility index (Phi) is 2.37. The molecule has 72 valence electrons. The zero-order chi connectivity index (χ0) is 9.97. The molecule has 1 aromatic carbocycles. The molecule has 0 saturated heterocycles. The van der Waals surface area contributed by atoms with Gasteiger partial charge in [0.25, 0.3) is 0 Å². The van der Waals surface area contributed by atoms with Crippen molar-refractivity contribution in [3.8, 4) is 0 Å². The smallest absolute Gasteiger partial charge is 0.103 e. The predicted octanol–water partition coefficient (Wildman–Crippen LogP) is 2.14. The molecule has 0 spiro atoms. The van der Waals surface area contributed by atoms with Crippen LogP contribution in [0.2, 0.25) is 0 Å². The Labute approximate surface area is 82.8 Å². The summed E-state index contributed by atoms with van der Waals surface area (Å²) in [6.07, 6.45) is 4.32. The molecule has 0 fully saturated rings. The molecule has 0 aliphatic heterocycles. The molecule has 1 aromatic rings. The van der Waals surface area contributed by atoms with Crippen molar-refractivity contribution in [3.63, 3.8) is 0 Å². The molecule has 2 unspecified atom stereocenters. The van der Waals surface area contributed by atoms with E-state index in [1.807, 2.05) is 30.3 Å². The minimum absolute atomic E-state index is 0.214. The highest BCUT2D eigenvalue weighted by atomic mass is 16.3. The van der Waals surface area contributed by atoms with Crippen LogP contribution in [0.15, 0.2) is 54.3 Å². The summed E-state index contributed by atoms with van der Waals surface area (Å²) in [5.74, 6) is -0.104. The molecule has 2 heteroatoms. The van der Waals surface area contributed by atoms with E-state index in [1.165, 1.54) is 0 Å². The van der Waals surface area contributed by atoms with Crippen LogP contribution in [-0.4, -0.2) is 16.3 Å². The van der Waals surface area contributed by atoms with E-state index in [-0.39, 0.29) is 11.7 Å². The summed E-state index contributed by atoms with van der Waals surface area (Å²) < 4.78 is 0. The molecular weight excluding hydrogens is 176 g/mol. The number of rotatable bonds is 1. The summed E-state index contributed by atoms with van der Waals surface area (Å²) in [5, 5.41) is 19.3. The van der Waals surface area contributed by atoms with Crippen LogP contribution in [0.5, 0.6) is 0 Å². The quantitative estimate of drug-likeness (QED) is 0.708. The van der Waals surface area contributed by atoms with Gasteiger partial charge in [-0.2, -0.15) is 0 Å². The van der Waals surface area contributed by atoms with E-state index < -0.39 is 6.10 Å². The lowest BCUT2D eigenvalue weighted by atomic mass is 9.88. The van der Waals surface area contributed by atoms with Gasteiger partial charge in [-0.25, -0.2) is 0 Å². The Morgan fingerprint density at radius 3 is 2.43 bits per heavy atom. The Balaban J connectivity index is 2.35. The van der Waals surface area contributed by atoms with Gasteiger partial charge >= 0.3 is 0 Å². The van der Waals surface area contributed by atoms with Crippen molar-refractivity contribution >= 4 is 0 Å². The molecule has 14 heavy (non-hydrogen) atoms. The summed E-state index contributed by atoms with van der Waals surface area (Å²) in [6.45, 7) is 0. The summed E-state index contributed by atoms with van der Waals surface area (Å²) in [4.78, 5) is 0. The molecular formula is C12H12O2. The van der Waals surface area contributed by atoms with Crippen LogP contribution >= 0.6 is 0 Å². The van der Waals surface area contributed by atoms with E-state index in [1.54, 1.807) is 18.2 Å². The molecule has 1 aliphatic carbocycles. The molecule has 0 aromatic heterocycles. The zero-order valence-electron chi connectivity index (χ0n) is 7.67. The Hall–Kier alpha value is -1.54. The van der Waals surface area contributed by atoms with Gasteiger partial charge in [0.15, 0.2) is 0 Å². The lowest BCUT2D eigenvalue weighted by Crippen LogP contribution is -2.20. The van der Waals surface area contributed by atoms with E-state index in [0.29, 0.717) is 0 Å². The molecule has 2 rings (SSSR count). The second-order valence-electron chi connectivity index (χ2n) is 3.36. The van der Waals surface area contributed by atoms with Crippen molar-refractivity contribution in [3.05, 3.63) is 59.9 Å². The molecule has 0 radical (unpaired) electrons. The van der Waals surface area contributed by atoms with Crippen molar-refractivity contribution < 1.29 is 10.2 Å². The lowest BCUT2D eigenvalue weighted by Gasteiger charge is -2.22. The van der Waals surface area contributed by atoms with Crippen LogP contribution in [0.3, 0.4) is 0 Å². The Bertz CT molecular complexity index is 365. The summed E-state index contributed by atoms with van der Waals surface area (Å²) in [7, 11) is 0. The molecule has 1 aliphatic rings. The van der Waals surface area contributed by atoms with E-state index in [2.05, 4.69) is 0 Å². The van der Waals surface area contributed by atoms with Crippen molar-refractivity contribution in [1.29, 1.82) is 0 Å². The van der Waals surface area contributed by atoms with Gasteiger partial charge < -0.3 is 10.2 Å². The molecule has 2 nitrogen and oxygen atoms in total. The fourth-order valence-corrected chi connectivity index (χ4v) is 1.69. The second-order valence-corrected chi connectivity index (χ2v) is 3.36. The maximum absolute atomic E-state index is 9.71. The van der Waals surface area contributed by atoms with E-state index in [9.17, 15) is 10.2 Å². The number of aliphatic hydroxyl groups excluding tert-OH is 2. The first kappa shape index (κ1) is 9.03. The fourth-order valence-electron chi connectivity index (χ4n) is 1.69. The minimum atomic E-state index is -0.637. The van der Waals surface area contributed by atoms with Gasteiger partial charge in [0, 0.05) is 0 Å². The Morgan fingerprint density at radius 1 is 1.07 bits per heavy atom. The first-order chi connectivity index (χ1) is 6.79. The van der Waals surface area contributed by atoms with Gasteiger partial charge in [-0.1, -0.05) is 42.5 Å². The number of aliphatic hydroxyl groups is 2. The third kappa shape index (κ3) is 1.56. The predicted molar refractivity (Wildman–Crippen MR) is 55.0 cm³/mol. The standard InChI is InChI=1S/C12H12O2/c13-10-7-4-8-11(14)12(10)9-5-2-1-3-6-9/h1-8,10,12-14H. The van der Waals surface area contributed by atoms with Crippen molar-refractivity contribution in [2.24, 2.45) is 0 Å². The fraction of sp³-hybridized carbons (Fsp3) is 0.167. The topological polar surface area (TPSA) is 40.5 Å². The second kappa shape index (κ2) is 3.68. The maximum atomic E-state index is 9.71. The van der Waals surface area contributed by atoms with Gasteiger partial charge in [-0.3, -0.25) is 0 Å². The van der Waals surface area contributed by atoms with Crippen LogP contribution in [0.4, 0.5) is 0 Å². The average Bonchev–Trinajstić information content (AvgIpc) is 2.19. The lowest BCUT2D eigenvalue weighted by molar-refractivity contribution is 0.175. The third-order valence-electron chi connectivity index (χ3n) is 2.39. The van der Waals surface area contributed by atoms with Crippen LogP contribution in [0.25, 0.3) is 0 Å². The van der Waals surface area contributed by atoms with Crippen LogP contribution in [0.1, 0.15) is 11.5 Å². The van der Waals surface area contributed by atoms with E-state index >= 15 is 0 Å². The number of hydrogen-bond donors (Lipinski definition) is 2. The van der Waals surface area contributed by atoms with Crippen molar-refractivity contribution in [2.45, 2.75) is 12.0 Å². The SMILES string of the molecule is OC1=CC=CC(O)C1c1ccccc1. The van der Waals surface area contributed by atoms with Crippen molar-refractivity contribution in [2.75, 3.05) is 0 Å². The number of benzene rings is 1. The molecule has 0 saturated carbocycles. The normalized spacial score (nSPS) is 25.9. The van der Waals surface area contributed by atoms with Crippen LogP contribution in [0, 0.1) is 0 Å². The molecule has 0 amide bonds. The first-order valence-electron chi connectivity index (χ1n) is 4.59. The van der Waals surface area contributed by atoms with Gasteiger partial charge in [0.1, 0.15) is 5.76 Å².